The highest BCUT2D eigenvalue weighted by molar-refractivity contribution is 6.35. The van der Waals surface area contributed by atoms with Gasteiger partial charge >= 0.3 is 0 Å². The van der Waals surface area contributed by atoms with E-state index in [0.29, 0.717) is 0 Å². The Morgan fingerprint density at radius 3 is 2.67 bits per heavy atom. The molecule has 0 saturated heterocycles. The zero-order valence-electron chi connectivity index (χ0n) is 11.4. The first-order valence-corrected chi connectivity index (χ1v) is 6.69. The molecule has 1 aromatic heterocycles. The topological polar surface area (TPSA) is 29.9 Å². The summed E-state index contributed by atoms with van der Waals surface area (Å²) in [6, 6.07) is 5.87. The highest BCUT2D eigenvalue weighted by atomic mass is 35.5. The van der Waals surface area contributed by atoms with Gasteiger partial charge in [-0.05, 0) is 39.8 Å². The first-order valence-electron chi connectivity index (χ1n) is 6.31. The van der Waals surface area contributed by atoms with E-state index in [4.69, 9.17) is 11.6 Å². The van der Waals surface area contributed by atoms with Crippen molar-refractivity contribution >= 4 is 22.6 Å². The third-order valence-corrected chi connectivity index (χ3v) is 3.19. The van der Waals surface area contributed by atoms with Gasteiger partial charge < -0.3 is 9.88 Å². The summed E-state index contributed by atoms with van der Waals surface area (Å²) in [7, 11) is 0. The molecular weight excluding hydrogens is 246 g/mol. The van der Waals surface area contributed by atoms with Gasteiger partial charge in [0.1, 0.15) is 5.82 Å². The normalized spacial score (nSPS) is 12.3. The van der Waals surface area contributed by atoms with E-state index in [2.05, 4.69) is 42.6 Å². The standard InChI is InChI=1S/C14H20ClN3/c1-5-18-12(9-16-14(2,3)4)17-11-8-6-7-10(15)13(11)18/h6-8,16H,5,9H2,1-4H3. The van der Waals surface area contributed by atoms with Gasteiger partial charge in [0, 0.05) is 12.1 Å². The maximum absolute atomic E-state index is 6.26. The molecule has 2 rings (SSSR count). The van der Waals surface area contributed by atoms with Crippen LogP contribution in [0.4, 0.5) is 0 Å². The summed E-state index contributed by atoms with van der Waals surface area (Å²) >= 11 is 6.26. The monoisotopic (exact) mass is 265 g/mol. The SMILES string of the molecule is CCn1c(CNC(C)(C)C)nc2cccc(Cl)c21. The van der Waals surface area contributed by atoms with Crippen LogP contribution < -0.4 is 5.32 Å². The van der Waals surface area contributed by atoms with Gasteiger partial charge in [0.2, 0.25) is 0 Å². The predicted octanol–water partition coefficient (Wildman–Crippen LogP) is 3.60. The van der Waals surface area contributed by atoms with Gasteiger partial charge in [-0.2, -0.15) is 0 Å². The minimum atomic E-state index is 0.0838. The number of hydrogen-bond donors (Lipinski definition) is 1. The summed E-state index contributed by atoms with van der Waals surface area (Å²) in [4.78, 5) is 4.66. The Morgan fingerprint density at radius 1 is 1.33 bits per heavy atom. The Morgan fingerprint density at radius 2 is 2.06 bits per heavy atom. The summed E-state index contributed by atoms with van der Waals surface area (Å²) in [5, 5.41) is 4.23. The quantitative estimate of drug-likeness (QED) is 0.919. The van der Waals surface area contributed by atoms with Crippen molar-refractivity contribution in [2.45, 2.75) is 46.3 Å². The average Bonchev–Trinajstić information content (AvgIpc) is 2.64. The predicted molar refractivity (Wildman–Crippen MR) is 77.0 cm³/mol. The molecule has 1 N–H and O–H groups in total. The third kappa shape index (κ3) is 2.68. The second-order valence-corrected chi connectivity index (χ2v) is 5.89. The molecule has 1 aromatic carbocycles. The van der Waals surface area contributed by atoms with Crippen LogP contribution in [0, 0.1) is 0 Å². The number of fused-ring (bicyclic) bond motifs is 1. The minimum Gasteiger partial charge on any atom is -0.326 e. The van der Waals surface area contributed by atoms with Crippen LogP contribution in [0.15, 0.2) is 18.2 Å². The van der Waals surface area contributed by atoms with Crippen LogP contribution in [0.2, 0.25) is 5.02 Å². The summed E-state index contributed by atoms with van der Waals surface area (Å²) in [5.41, 5.74) is 2.09. The zero-order chi connectivity index (χ0) is 13.3. The lowest BCUT2D eigenvalue weighted by molar-refractivity contribution is 0.413. The lowest BCUT2D eigenvalue weighted by Crippen LogP contribution is -2.35. The number of hydrogen-bond acceptors (Lipinski definition) is 2. The third-order valence-electron chi connectivity index (χ3n) is 2.89. The second-order valence-electron chi connectivity index (χ2n) is 5.48. The van der Waals surface area contributed by atoms with Crippen molar-refractivity contribution < 1.29 is 0 Å². The molecule has 0 fully saturated rings. The molecular formula is C14H20ClN3. The summed E-state index contributed by atoms with van der Waals surface area (Å²) in [6.45, 7) is 10.2. The molecule has 1 heterocycles. The molecule has 4 heteroatoms. The van der Waals surface area contributed by atoms with Crippen LogP contribution in [0.25, 0.3) is 11.0 Å². The molecule has 2 aromatic rings. The number of nitrogens with zero attached hydrogens (tertiary/aromatic N) is 2. The molecule has 98 valence electrons. The first kappa shape index (κ1) is 13.4. The van der Waals surface area contributed by atoms with Gasteiger partial charge in [-0.3, -0.25) is 0 Å². The van der Waals surface area contributed by atoms with Gasteiger partial charge in [-0.15, -0.1) is 0 Å². The Bertz CT molecular complexity index is 552. The molecule has 0 saturated carbocycles. The van der Waals surface area contributed by atoms with Crippen molar-refractivity contribution in [2.24, 2.45) is 0 Å². The summed E-state index contributed by atoms with van der Waals surface area (Å²) in [6.07, 6.45) is 0. The van der Waals surface area contributed by atoms with Crippen molar-refractivity contribution in [1.29, 1.82) is 0 Å². The fraction of sp³-hybridized carbons (Fsp3) is 0.500. The van der Waals surface area contributed by atoms with Gasteiger partial charge in [-0.1, -0.05) is 17.7 Å². The Kier molecular flexibility index (Phi) is 3.64. The molecule has 0 bridgehead atoms. The van der Waals surface area contributed by atoms with Crippen molar-refractivity contribution in [3.05, 3.63) is 29.0 Å². The smallest absolute Gasteiger partial charge is 0.123 e. The van der Waals surface area contributed by atoms with E-state index >= 15 is 0 Å². The van der Waals surface area contributed by atoms with E-state index in [1.807, 2.05) is 18.2 Å². The molecule has 0 aliphatic carbocycles. The average molecular weight is 266 g/mol. The number of benzene rings is 1. The summed E-state index contributed by atoms with van der Waals surface area (Å²) in [5.74, 6) is 1.04. The molecule has 0 aliphatic rings. The number of para-hydroxylation sites is 1. The lowest BCUT2D eigenvalue weighted by Gasteiger charge is -2.20. The number of rotatable bonds is 3. The number of nitrogens with one attached hydrogen (secondary N) is 1. The van der Waals surface area contributed by atoms with Crippen molar-refractivity contribution in [3.8, 4) is 0 Å². The molecule has 0 atom stereocenters. The van der Waals surface area contributed by atoms with E-state index in [0.717, 1.165) is 35.0 Å². The Hall–Kier alpha value is -1.06. The molecule has 0 amide bonds. The molecule has 0 spiro atoms. The maximum atomic E-state index is 6.26. The van der Waals surface area contributed by atoms with E-state index in [9.17, 15) is 0 Å². The van der Waals surface area contributed by atoms with Crippen LogP contribution in [-0.2, 0) is 13.1 Å². The van der Waals surface area contributed by atoms with Gasteiger partial charge in [-0.25, -0.2) is 4.98 Å². The fourth-order valence-corrected chi connectivity index (χ4v) is 2.28. The molecule has 3 nitrogen and oxygen atoms in total. The van der Waals surface area contributed by atoms with Crippen LogP contribution in [-0.4, -0.2) is 15.1 Å². The highest BCUT2D eigenvalue weighted by Gasteiger charge is 2.14. The Labute approximate surface area is 113 Å². The number of halogens is 1. The highest BCUT2D eigenvalue weighted by Crippen LogP contribution is 2.24. The van der Waals surface area contributed by atoms with E-state index in [1.54, 1.807) is 0 Å². The second kappa shape index (κ2) is 4.90. The van der Waals surface area contributed by atoms with Crippen LogP contribution in [0.5, 0.6) is 0 Å². The zero-order valence-corrected chi connectivity index (χ0v) is 12.2. The summed E-state index contributed by atoms with van der Waals surface area (Å²) < 4.78 is 2.18. The van der Waals surface area contributed by atoms with E-state index in [1.165, 1.54) is 0 Å². The van der Waals surface area contributed by atoms with Crippen LogP contribution in [0.3, 0.4) is 0 Å². The molecule has 0 radical (unpaired) electrons. The first-order chi connectivity index (χ1) is 8.42. The number of imidazole rings is 1. The van der Waals surface area contributed by atoms with Crippen molar-refractivity contribution in [2.75, 3.05) is 0 Å². The minimum absolute atomic E-state index is 0.0838. The van der Waals surface area contributed by atoms with E-state index < -0.39 is 0 Å². The largest absolute Gasteiger partial charge is 0.326 e. The van der Waals surface area contributed by atoms with Gasteiger partial charge in [0.05, 0.1) is 22.6 Å². The lowest BCUT2D eigenvalue weighted by atomic mass is 10.1. The van der Waals surface area contributed by atoms with Crippen molar-refractivity contribution in [1.82, 2.24) is 14.9 Å². The van der Waals surface area contributed by atoms with E-state index in [-0.39, 0.29) is 5.54 Å². The maximum Gasteiger partial charge on any atom is 0.123 e. The van der Waals surface area contributed by atoms with Gasteiger partial charge in [0.15, 0.2) is 0 Å². The molecule has 18 heavy (non-hydrogen) atoms. The van der Waals surface area contributed by atoms with Crippen LogP contribution >= 0.6 is 11.6 Å². The number of aryl methyl sites for hydroxylation is 1. The molecule has 0 unspecified atom stereocenters. The van der Waals surface area contributed by atoms with Crippen LogP contribution in [0.1, 0.15) is 33.5 Å². The Balaban J connectivity index is 2.42. The molecule has 0 aliphatic heterocycles. The van der Waals surface area contributed by atoms with Crippen molar-refractivity contribution in [3.63, 3.8) is 0 Å². The fourth-order valence-electron chi connectivity index (χ4n) is 2.01. The van der Waals surface area contributed by atoms with Gasteiger partial charge in [0.25, 0.3) is 0 Å². The number of aromatic nitrogens is 2.